The van der Waals surface area contributed by atoms with E-state index in [-0.39, 0.29) is 0 Å². The Morgan fingerprint density at radius 3 is 2.67 bits per heavy atom. The summed E-state index contributed by atoms with van der Waals surface area (Å²) in [6.45, 7) is 1.33. The molecule has 1 aliphatic heterocycles. The van der Waals surface area contributed by atoms with E-state index in [9.17, 15) is 0 Å². The van der Waals surface area contributed by atoms with E-state index < -0.39 is 0 Å². The maximum absolute atomic E-state index is 5.58. The minimum atomic E-state index is 0.662. The molecule has 0 fully saturated rings. The minimum Gasteiger partial charge on any atom is -0.486 e. The largest absolute Gasteiger partial charge is 0.486 e. The highest BCUT2D eigenvalue weighted by Crippen LogP contribution is 2.35. The maximum Gasteiger partial charge on any atom is 0.161 e. The Hall–Kier alpha value is -1.44. The molecule has 0 N–H and O–H groups in total. The van der Waals surface area contributed by atoms with Gasteiger partial charge in [-0.15, -0.1) is 0 Å². The van der Waals surface area contributed by atoms with E-state index in [1.165, 1.54) is 24.0 Å². The highest BCUT2D eigenvalue weighted by atomic mass is 16.6. The average molecular weight is 202 g/mol. The summed E-state index contributed by atoms with van der Waals surface area (Å²) in [4.78, 5) is 0. The van der Waals surface area contributed by atoms with E-state index in [1.54, 1.807) is 0 Å². The van der Waals surface area contributed by atoms with Gasteiger partial charge in [-0.05, 0) is 42.5 Å². The van der Waals surface area contributed by atoms with Crippen LogP contribution in [0.25, 0.3) is 6.08 Å². The van der Waals surface area contributed by atoms with Crippen LogP contribution in [0.4, 0.5) is 0 Å². The van der Waals surface area contributed by atoms with Crippen molar-refractivity contribution >= 4 is 6.08 Å². The van der Waals surface area contributed by atoms with Crippen molar-refractivity contribution in [3.8, 4) is 11.5 Å². The molecule has 1 aromatic rings. The van der Waals surface area contributed by atoms with E-state index in [0.29, 0.717) is 13.2 Å². The molecule has 0 atom stereocenters. The molecule has 0 aromatic heterocycles. The van der Waals surface area contributed by atoms with Crippen LogP contribution in [0, 0.1) is 0 Å². The van der Waals surface area contributed by atoms with Gasteiger partial charge in [0.15, 0.2) is 11.5 Å². The molecule has 0 saturated heterocycles. The number of benzene rings is 1. The second-order valence-corrected chi connectivity index (χ2v) is 3.99. The number of ether oxygens (including phenoxy) is 2. The number of hydrogen-bond donors (Lipinski definition) is 0. The van der Waals surface area contributed by atoms with Gasteiger partial charge in [-0.1, -0.05) is 12.2 Å². The third kappa shape index (κ3) is 1.60. The molecule has 3 rings (SSSR count). The van der Waals surface area contributed by atoms with Crippen LogP contribution >= 0.6 is 0 Å². The zero-order chi connectivity index (χ0) is 10.1. The summed E-state index contributed by atoms with van der Waals surface area (Å²) < 4.78 is 11.2. The van der Waals surface area contributed by atoms with E-state index in [0.717, 1.165) is 17.9 Å². The van der Waals surface area contributed by atoms with Gasteiger partial charge in [-0.2, -0.15) is 0 Å². The third-order valence-corrected chi connectivity index (χ3v) is 2.92. The first-order valence-electron chi connectivity index (χ1n) is 5.52. The maximum atomic E-state index is 5.58. The molecule has 2 heteroatoms. The summed E-state index contributed by atoms with van der Waals surface area (Å²) in [5.41, 5.74) is 2.67. The average Bonchev–Trinajstić information content (AvgIpc) is 2.50. The fourth-order valence-electron chi connectivity index (χ4n) is 2.14. The Balaban J connectivity index is 2.08. The number of hydrogen-bond acceptors (Lipinski definition) is 2. The number of rotatable bonds is 0. The van der Waals surface area contributed by atoms with Gasteiger partial charge >= 0.3 is 0 Å². The van der Waals surface area contributed by atoms with Crippen LogP contribution in [-0.2, 0) is 6.42 Å². The van der Waals surface area contributed by atoms with Crippen LogP contribution in [0.2, 0.25) is 0 Å². The number of fused-ring (bicyclic) bond motifs is 2. The Kier molecular flexibility index (Phi) is 2.13. The molecular weight excluding hydrogens is 188 g/mol. The quantitative estimate of drug-likeness (QED) is 0.644. The summed E-state index contributed by atoms with van der Waals surface area (Å²) >= 11 is 0. The van der Waals surface area contributed by atoms with Crippen molar-refractivity contribution in [1.82, 2.24) is 0 Å². The van der Waals surface area contributed by atoms with Gasteiger partial charge in [0.1, 0.15) is 13.2 Å². The van der Waals surface area contributed by atoms with Gasteiger partial charge in [0.2, 0.25) is 0 Å². The lowest BCUT2D eigenvalue weighted by atomic mass is 10.0. The topological polar surface area (TPSA) is 18.5 Å². The van der Waals surface area contributed by atoms with Crippen LogP contribution in [0.1, 0.15) is 24.0 Å². The first kappa shape index (κ1) is 8.84. The molecule has 0 saturated carbocycles. The second kappa shape index (κ2) is 3.61. The van der Waals surface area contributed by atoms with E-state index in [1.807, 2.05) is 0 Å². The molecule has 1 heterocycles. The van der Waals surface area contributed by atoms with Crippen molar-refractivity contribution in [3.05, 3.63) is 29.3 Å². The monoisotopic (exact) mass is 202 g/mol. The first-order chi connectivity index (χ1) is 7.43. The SMILES string of the molecule is C1=Cc2cc3c(cc2CCC1)OCCO3. The molecule has 15 heavy (non-hydrogen) atoms. The fraction of sp³-hybridized carbons (Fsp3) is 0.385. The molecule has 2 aliphatic rings. The fourth-order valence-corrected chi connectivity index (χ4v) is 2.14. The van der Waals surface area contributed by atoms with Crippen LogP contribution < -0.4 is 9.47 Å². The molecular formula is C13H14O2. The standard InChI is InChI=1S/C13H14O2/c1-2-4-10-8-12-13(15-7-6-14-12)9-11(10)5-3-1/h2,4,8-9H,1,3,5-7H2. The van der Waals surface area contributed by atoms with Crippen molar-refractivity contribution in [3.63, 3.8) is 0 Å². The molecule has 1 aliphatic carbocycles. The highest BCUT2D eigenvalue weighted by Gasteiger charge is 2.15. The first-order valence-corrected chi connectivity index (χ1v) is 5.52. The van der Waals surface area contributed by atoms with E-state index in [4.69, 9.17) is 9.47 Å². The third-order valence-electron chi connectivity index (χ3n) is 2.92. The van der Waals surface area contributed by atoms with Crippen molar-refractivity contribution < 1.29 is 9.47 Å². The summed E-state index contributed by atoms with van der Waals surface area (Å²) in [5.74, 6) is 1.81. The Morgan fingerprint density at radius 1 is 1.00 bits per heavy atom. The zero-order valence-electron chi connectivity index (χ0n) is 8.66. The molecule has 0 radical (unpaired) electrons. The van der Waals surface area contributed by atoms with Crippen molar-refractivity contribution in [2.75, 3.05) is 13.2 Å². The summed E-state index contributed by atoms with van der Waals surface area (Å²) in [7, 11) is 0. The van der Waals surface area contributed by atoms with Crippen molar-refractivity contribution in [1.29, 1.82) is 0 Å². The lowest BCUT2D eigenvalue weighted by Gasteiger charge is -2.20. The van der Waals surface area contributed by atoms with Gasteiger partial charge in [0.25, 0.3) is 0 Å². The van der Waals surface area contributed by atoms with Gasteiger partial charge < -0.3 is 9.47 Å². The molecule has 2 nitrogen and oxygen atoms in total. The van der Waals surface area contributed by atoms with Gasteiger partial charge in [0, 0.05) is 0 Å². The molecule has 0 unspecified atom stereocenters. The van der Waals surface area contributed by atoms with Gasteiger partial charge in [-0.3, -0.25) is 0 Å². The lowest BCUT2D eigenvalue weighted by Crippen LogP contribution is -2.15. The van der Waals surface area contributed by atoms with Crippen molar-refractivity contribution in [2.24, 2.45) is 0 Å². The van der Waals surface area contributed by atoms with Crippen LogP contribution in [0.5, 0.6) is 11.5 Å². The molecule has 0 spiro atoms. The van der Waals surface area contributed by atoms with Gasteiger partial charge in [-0.25, -0.2) is 0 Å². The predicted molar refractivity (Wildman–Crippen MR) is 59.4 cm³/mol. The lowest BCUT2D eigenvalue weighted by molar-refractivity contribution is 0.171. The van der Waals surface area contributed by atoms with Crippen LogP contribution in [0.3, 0.4) is 0 Å². The normalized spacial score (nSPS) is 18.1. The summed E-state index contributed by atoms with van der Waals surface area (Å²) in [6.07, 6.45) is 7.96. The van der Waals surface area contributed by atoms with E-state index in [2.05, 4.69) is 24.3 Å². The summed E-state index contributed by atoms with van der Waals surface area (Å²) in [5, 5.41) is 0. The Bertz CT molecular complexity index is 407. The minimum absolute atomic E-state index is 0.662. The predicted octanol–water partition coefficient (Wildman–Crippen LogP) is 2.81. The zero-order valence-corrected chi connectivity index (χ0v) is 8.66. The smallest absolute Gasteiger partial charge is 0.161 e. The second-order valence-electron chi connectivity index (χ2n) is 3.99. The molecule has 0 amide bonds. The van der Waals surface area contributed by atoms with Crippen LogP contribution in [0.15, 0.2) is 18.2 Å². The summed E-state index contributed by atoms with van der Waals surface area (Å²) in [6, 6.07) is 4.24. The Morgan fingerprint density at radius 2 is 1.80 bits per heavy atom. The molecule has 1 aromatic carbocycles. The van der Waals surface area contributed by atoms with Crippen LogP contribution in [-0.4, -0.2) is 13.2 Å². The van der Waals surface area contributed by atoms with Gasteiger partial charge in [0.05, 0.1) is 0 Å². The Labute approximate surface area is 89.5 Å². The number of aryl methyl sites for hydroxylation is 1. The molecule has 78 valence electrons. The van der Waals surface area contributed by atoms with E-state index >= 15 is 0 Å². The molecule has 0 bridgehead atoms. The number of allylic oxidation sites excluding steroid dienone is 1. The highest BCUT2D eigenvalue weighted by molar-refractivity contribution is 5.61. The van der Waals surface area contributed by atoms with Crippen molar-refractivity contribution in [2.45, 2.75) is 19.3 Å².